The number of hydrogen-bond donors (Lipinski definition) is 3. The zero-order valence-electron chi connectivity index (χ0n) is 15.8. The third-order valence-corrected chi connectivity index (χ3v) is 4.74. The molecule has 152 valence electrons. The molecule has 1 amide bonds. The summed E-state index contributed by atoms with van der Waals surface area (Å²) < 4.78 is 32.5. The lowest BCUT2D eigenvalue weighted by molar-refractivity contribution is 0.0697. The summed E-state index contributed by atoms with van der Waals surface area (Å²) in [5.74, 6) is -2.85. The Kier molecular flexibility index (Phi) is 4.83. The van der Waals surface area contributed by atoms with Crippen molar-refractivity contribution in [3.05, 3.63) is 82.4 Å². The summed E-state index contributed by atoms with van der Waals surface area (Å²) in [5, 5.41) is 15.0. The number of rotatable bonds is 4. The van der Waals surface area contributed by atoms with E-state index in [0.29, 0.717) is 23.4 Å². The van der Waals surface area contributed by atoms with Crippen LogP contribution < -0.4 is 15.4 Å². The molecule has 0 unspecified atom stereocenters. The summed E-state index contributed by atoms with van der Waals surface area (Å²) in [6.07, 6.45) is 0.347. The fourth-order valence-corrected chi connectivity index (χ4v) is 3.27. The summed E-state index contributed by atoms with van der Waals surface area (Å²) in [6, 6.07) is 11.7. The molecule has 1 aliphatic heterocycles. The molecule has 0 aliphatic carbocycles. The second-order valence-corrected chi connectivity index (χ2v) is 6.76. The van der Waals surface area contributed by atoms with Gasteiger partial charge in [0.1, 0.15) is 0 Å². The van der Waals surface area contributed by atoms with Crippen LogP contribution in [0.5, 0.6) is 11.5 Å². The van der Waals surface area contributed by atoms with Crippen LogP contribution in [0.3, 0.4) is 0 Å². The van der Waals surface area contributed by atoms with Gasteiger partial charge in [-0.05, 0) is 53.9 Å². The number of carboxylic acid groups (broad SMARTS) is 1. The summed E-state index contributed by atoms with van der Waals surface area (Å²) in [4.78, 5) is 23.7. The molecule has 0 spiro atoms. The zero-order valence-corrected chi connectivity index (χ0v) is 15.8. The Morgan fingerprint density at radius 3 is 2.43 bits per heavy atom. The van der Waals surface area contributed by atoms with E-state index in [4.69, 9.17) is 4.74 Å². The number of amides is 1. The van der Waals surface area contributed by atoms with Crippen molar-refractivity contribution in [3.63, 3.8) is 0 Å². The van der Waals surface area contributed by atoms with E-state index in [1.165, 1.54) is 25.2 Å². The first-order valence-corrected chi connectivity index (χ1v) is 9.01. The molecule has 3 N–H and O–H groups in total. The van der Waals surface area contributed by atoms with Crippen molar-refractivity contribution in [1.82, 2.24) is 5.32 Å². The van der Waals surface area contributed by atoms with Gasteiger partial charge in [0, 0.05) is 12.6 Å². The largest absolute Gasteiger partial charge is 0.478 e. The Morgan fingerprint density at radius 1 is 1.00 bits per heavy atom. The van der Waals surface area contributed by atoms with Crippen molar-refractivity contribution in [2.75, 3.05) is 12.4 Å². The lowest BCUT2D eigenvalue weighted by Gasteiger charge is -2.24. The van der Waals surface area contributed by atoms with Crippen LogP contribution in [-0.4, -0.2) is 24.0 Å². The normalized spacial score (nSPS) is 11.6. The number of anilines is 2. The summed E-state index contributed by atoms with van der Waals surface area (Å²) in [5.41, 5.74) is 2.22. The lowest BCUT2D eigenvalue weighted by Crippen LogP contribution is -2.19. The van der Waals surface area contributed by atoms with E-state index in [2.05, 4.69) is 10.6 Å². The van der Waals surface area contributed by atoms with Crippen molar-refractivity contribution in [3.8, 4) is 11.5 Å². The van der Waals surface area contributed by atoms with Crippen LogP contribution in [0.2, 0.25) is 0 Å². The average Bonchev–Trinajstić information content (AvgIpc) is 2.73. The lowest BCUT2D eigenvalue weighted by atomic mass is 10.0. The van der Waals surface area contributed by atoms with Crippen molar-refractivity contribution < 1.29 is 28.2 Å². The highest BCUT2D eigenvalue weighted by Crippen LogP contribution is 2.44. The Bertz CT molecular complexity index is 1190. The molecule has 3 aromatic rings. The highest BCUT2D eigenvalue weighted by atomic mass is 19.2. The van der Waals surface area contributed by atoms with Gasteiger partial charge < -0.3 is 20.5 Å². The molecule has 0 aromatic heterocycles. The predicted molar refractivity (Wildman–Crippen MR) is 106 cm³/mol. The molecule has 8 heteroatoms. The standard InChI is InChI=1S/C22H16F2N2O4/c1-25-21(27)13-9-14(22(28)29)20-19(10-13)30-18-8-12(3-5-17(18)26-20)6-11-2-4-15(23)16(24)7-11/h2-5,7-10,26H,6H2,1H3,(H,25,27)(H,28,29). The van der Waals surface area contributed by atoms with E-state index >= 15 is 0 Å². The quantitative estimate of drug-likeness (QED) is 0.462. The number of benzene rings is 3. The molecule has 0 radical (unpaired) electrons. The molecule has 0 bridgehead atoms. The number of ether oxygens (including phenoxy) is 1. The van der Waals surface area contributed by atoms with E-state index in [-0.39, 0.29) is 22.6 Å². The topological polar surface area (TPSA) is 87.7 Å². The molecule has 1 aliphatic rings. The minimum Gasteiger partial charge on any atom is -0.478 e. The maximum atomic E-state index is 13.5. The number of carboxylic acids is 1. The third kappa shape index (κ3) is 3.55. The van der Waals surface area contributed by atoms with Gasteiger partial charge >= 0.3 is 5.97 Å². The first-order valence-electron chi connectivity index (χ1n) is 9.01. The molecule has 0 fully saturated rings. The molecule has 0 saturated heterocycles. The van der Waals surface area contributed by atoms with Gasteiger partial charge in [-0.15, -0.1) is 0 Å². The van der Waals surface area contributed by atoms with Gasteiger partial charge in [0.25, 0.3) is 5.91 Å². The van der Waals surface area contributed by atoms with E-state index in [0.717, 1.165) is 17.7 Å². The van der Waals surface area contributed by atoms with Crippen LogP contribution in [-0.2, 0) is 6.42 Å². The van der Waals surface area contributed by atoms with Gasteiger partial charge in [-0.1, -0.05) is 12.1 Å². The molecular weight excluding hydrogens is 394 g/mol. The van der Waals surface area contributed by atoms with Gasteiger partial charge in [0.15, 0.2) is 23.1 Å². The van der Waals surface area contributed by atoms with E-state index in [1.54, 1.807) is 18.2 Å². The fraction of sp³-hybridized carbons (Fsp3) is 0.0909. The van der Waals surface area contributed by atoms with Gasteiger partial charge in [-0.3, -0.25) is 4.79 Å². The zero-order chi connectivity index (χ0) is 21.4. The number of carbonyl (C=O) groups excluding carboxylic acids is 1. The first-order chi connectivity index (χ1) is 14.4. The Morgan fingerprint density at radius 2 is 1.73 bits per heavy atom. The molecule has 0 atom stereocenters. The van der Waals surface area contributed by atoms with Gasteiger partial charge in [-0.25, -0.2) is 13.6 Å². The number of fused-ring (bicyclic) bond motifs is 2. The molecule has 30 heavy (non-hydrogen) atoms. The monoisotopic (exact) mass is 410 g/mol. The van der Waals surface area contributed by atoms with Crippen LogP contribution in [0.1, 0.15) is 31.8 Å². The number of halogens is 2. The van der Waals surface area contributed by atoms with E-state index in [9.17, 15) is 23.5 Å². The van der Waals surface area contributed by atoms with Crippen molar-refractivity contribution in [2.24, 2.45) is 0 Å². The van der Waals surface area contributed by atoms with Gasteiger partial charge in [0.2, 0.25) is 0 Å². The Hall–Kier alpha value is -3.94. The van der Waals surface area contributed by atoms with Crippen LogP contribution in [0.15, 0.2) is 48.5 Å². The Labute approximate surface area is 170 Å². The predicted octanol–water partition coefficient (Wildman–Crippen LogP) is 4.46. The summed E-state index contributed by atoms with van der Waals surface area (Å²) in [6.45, 7) is 0. The molecule has 6 nitrogen and oxygen atoms in total. The molecule has 1 heterocycles. The Balaban J connectivity index is 1.68. The summed E-state index contributed by atoms with van der Waals surface area (Å²) in [7, 11) is 1.45. The molecule has 3 aromatic carbocycles. The highest BCUT2D eigenvalue weighted by Gasteiger charge is 2.25. The minimum absolute atomic E-state index is 0.0948. The number of carbonyl (C=O) groups is 2. The first kappa shape index (κ1) is 19.4. The van der Waals surface area contributed by atoms with Crippen molar-refractivity contribution in [2.45, 2.75) is 6.42 Å². The van der Waals surface area contributed by atoms with Crippen LogP contribution in [0.25, 0.3) is 0 Å². The van der Waals surface area contributed by atoms with Gasteiger partial charge in [0.05, 0.1) is 16.9 Å². The van der Waals surface area contributed by atoms with Gasteiger partial charge in [-0.2, -0.15) is 0 Å². The van der Waals surface area contributed by atoms with Crippen LogP contribution in [0, 0.1) is 11.6 Å². The van der Waals surface area contributed by atoms with Crippen molar-refractivity contribution in [1.29, 1.82) is 0 Å². The number of aromatic carboxylic acids is 1. The van der Waals surface area contributed by atoms with E-state index < -0.39 is 23.5 Å². The summed E-state index contributed by atoms with van der Waals surface area (Å²) >= 11 is 0. The maximum absolute atomic E-state index is 13.5. The second-order valence-electron chi connectivity index (χ2n) is 6.76. The SMILES string of the molecule is CNC(=O)c1cc2c(c(C(=O)O)c1)Nc1ccc(Cc3ccc(F)c(F)c3)cc1O2. The van der Waals surface area contributed by atoms with E-state index in [1.807, 2.05) is 0 Å². The highest BCUT2D eigenvalue weighted by molar-refractivity contribution is 6.03. The number of nitrogens with one attached hydrogen (secondary N) is 2. The molecule has 0 saturated carbocycles. The van der Waals surface area contributed by atoms with Crippen molar-refractivity contribution >= 4 is 23.3 Å². The van der Waals surface area contributed by atoms with Crippen LogP contribution >= 0.6 is 0 Å². The fourth-order valence-electron chi connectivity index (χ4n) is 3.27. The third-order valence-electron chi connectivity index (χ3n) is 4.74. The molecular formula is C22H16F2N2O4. The number of hydrogen-bond acceptors (Lipinski definition) is 4. The minimum atomic E-state index is -1.20. The smallest absolute Gasteiger partial charge is 0.337 e. The second kappa shape index (κ2) is 7.47. The maximum Gasteiger partial charge on any atom is 0.337 e. The van der Waals surface area contributed by atoms with Crippen LogP contribution in [0.4, 0.5) is 20.2 Å². The average molecular weight is 410 g/mol. The molecule has 4 rings (SSSR count).